The fourth-order valence-electron chi connectivity index (χ4n) is 2.44. The van der Waals surface area contributed by atoms with Crippen molar-refractivity contribution in [2.75, 3.05) is 13.7 Å². The van der Waals surface area contributed by atoms with E-state index in [4.69, 9.17) is 4.74 Å². The Morgan fingerprint density at radius 3 is 2.68 bits per heavy atom. The summed E-state index contributed by atoms with van der Waals surface area (Å²) in [5.41, 5.74) is 1.88. The second-order valence-corrected chi connectivity index (χ2v) is 5.31. The van der Waals surface area contributed by atoms with Crippen molar-refractivity contribution in [3.63, 3.8) is 0 Å². The van der Waals surface area contributed by atoms with E-state index >= 15 is 0 Å². The first kappa shape index (κ1) is 14.1. The fourth-order valence-corrected chi connectivity index (χ4v) is 2.44. The Balaban J connectivity index is 2.18. The zero-order valence-electron chi connectivity index (χ0n) is 12.1. The van der Waals surface area contributed by atoms with Crippen LogP contribution in [0.1, 0.15) is 49.0 Å². The minimum Gasteiger partial charge on any atom is -0.494 e. The summed E-state index contributed by atoms with van der Waals surface area (Å²) < 4.78 is 5.67. The van der Waals surface area contributed by atoms with Gasteiger partial charge in [-0.25, -0.2) is 0 Å². The van der Waals surface area contributed by atoms with Crippen molar-refractivity contribution in [3.05, 3.63) is 29.3 Å². The molecule has 1 aromatic carbocycles. The molecule has 0 atom stereocenters. The number of carbonyl (C=O) groups excluding carboxylic acids is 1. The number of benzene rings is 1. The summed E-state index contributed by atoms with van der Waals surface area (Å²) in [5.74, 6) is 1.01. The second kappa shape index (κ2) is 6.20. The van der Waals surface area contributed by atoms with Crippen LogP contribution in [0.4, 0.5) is 0 Å². The standard InChI is InChI=1S/C16H23NO2/c1-4-19-16-9-8-13(12(2)18)10-14(16)11-17(3)15-6-5-7-15/h8-10,15H,4-7,11H2,1-3H3. The SMILES string of the molecule is CCOc1ccc(C(C)=O)cc1CN(C)C1CCC1. The molecule has 0 aromatic heterocycles. The highest BCUT2D eigenvalue weighted by molar-refractivity contribution is 5.94. The molecule has 104 valence electrons. The third-order valence-corrected chi connectivity index (χ3v) is 3.88. The number of ketones is 1. The molecule has 0 radical (unpaired) electrons. The van der Waals surface area contributed by atoms with Crippen LogP contribution >= 0.6 is 0 Å². The molecule has 19 heavy (non-hydrogen) atoms. The Labute approximate surface area is 115 Å². The van der Waals surface area contributed by atoms with Gasteiger partial charge in [-0.05, 0) is 51.9 Å². The molecule has 0 N–H and O–H groups in total. The number of rotatable bonds is 6. The third-order valence-electron chi connectivity index (χ3n) is 3.88. The van der Waals surface area contributed by atoms with Crippen LogP contribution in [0.3, 0.4) is 0 Å². The van der Waals surface area contributed by atoms with Crippen molar-refractivity contribution in [1.82, 2.24) is 4.90 Å². The predicted octanol–water partition coefficient (Wildman–Crippen LogP) is 3.27. The topological polar surface area (TPSA) is 29.5 Å². The lowest BCUT2D eigenvalue weighted by molar-refractivity contribution is 0.101. The molecule has 0 bridgehead atoms. The van der Waals surface area contributed by atoms with Crippen molar-refractivity contribution >= 4 is 5.78 Å². The molecule has 1 saturated carbocycles. The summed E-state index contributed by atoms with van der Waals surface area (Å²) in [6.45, 7) is 5.09. The van der Waals surface area contributed by atoms with Gasteiger partial charge in [0.2, 0.25) is 0 Å². The first-order valence-corrected chi connectivity index (χ1v) is 7.08. The van der Waals surface area contributed by atoms with E-state index in [1.54, 1.807) is 6.92 Å². The van der Waals surface area contributed by atoms with Crippen molar-refractivity contribution in [3.8, 4) is 5.75 Å². The van der Waals surface area contributed by atoms with E-state index in [9.17, 15) is 4.79 Å². The smallest absolute Gasteiger partial charge is 0.159 e. The summed E-state index contributed by atoms with van der Waals surface area (Å²) in [4.78, 5) is 13.9. The van der Waals surface area contributed by atoms with Gasteiger partial charge in [-0.15, -0.1) is 0 Å². The molecular weight excluding hydrogens is 238 g/mol. The first-order chi connectivity index (χ1) is 9.11. The molecular formula is C16H23NO2. The van der Waals surface area contributed by atoms with Gasteiger partial charge in [-0.3, -0.25) is 9.69 Å². The Bertz CT molecular complexity index is 452. The van der Waals surface area contributed by atoms with Gasteiger partial charge in [0.25, 0.3) is 0 Å². The van der Waals surface area contributed by atoms with Gasteiger partial charge >= 0.3 is 0 Å². The first-order valence-electron chi connectivity index (χ1n) is 7.08. The van der Waals surface area contributed by atoms with Crippen molar-refractivity contribution < 1.29 is 9.53 Å². The van der Waals surface area contributed by atoms with Crippen molar-refractivity contribution in [2.45, 2.75) is 45.7 Å². The monoisotopic (exact) mass is 261 g/mol. The van der Waals surface area contributed by atoms with Gasteiger partial charge in [0.15, 0.2) is 5.78 Å². The van der Waals surface area contributed by atoms with Crippen LogP contribution in [0.25, 0.3) is 0 Å². The lowest BCUT2D eigenvalue weighted by Gasteiger charge is -2.35. The lowest BCUT2D eigenvalue weighted by Crippen LogP contribution is -2.36. The van der Waals surface area contributed by atoms with E-state index in [1.165, 1.54) is 19.3 Å². The quantitative estimate of drug-likeness (QED) is 0.736. The summed E-state index contributed by atoms with van der Waals surface area (Å²) in [7, 11) is 2.15. The van der Waals surface area contributed by atoms with Crippen LogP contribution < -0.4 is 4.74 Å². The lowest BCUT2D eigenvalue weighted by atomic mass is 9.91. The van der Waals surface area contributed by atoms with Crippen LogP contribution in [0.15, 0.2) is 18.2 Å². The van der Waals surface area contributed by atoms with Gasteiger partial charge in [0, 0.05) is 23.7 Å². The highest BCUT2D eigenvalue weighted by Gasteiger charge is 2.22. The van der Waals surface area contributed by atoms with Gasteiger partial charge in [-0.2, -0.15) is 0 Å². The Morgan fingerprint density at radius 2 is 2.16 bits per heavy atom. The van der Waals surface area contributed by atoms with E-state index < -0.39 is 0 Å². The Kier molecular flexibility index (Phi) is 4.59. The van der Waals surface area contributed by atoms with Crippen molar-refractivity contribution in [2.24, 2.45) is 0 Å². The van der Waals surface area contributed by atoms with E-state index in [1.807, 2.05) is 25.1 Å². The average molecular weight is 261 g/mol. The summed E-state index contributed by atoms with van der Waals surface area (Å²) in [5, 5.41) is 0. The minimum absolute atomic E-state index is 0.107. The predicted molar refractivity (Wildman–Crippen MR) is 76.7 cm³/mol. The molecule has 1 aromatic rings. The normalized spacial score (nSPS) is 15.4. The molecule has 1 aliphatic carbocycles. The highest BCUT2D eigenvalue weighted by atomic mass is 16.5. The zero-order valence-corrected chi connectivity index (χ0v) is 12.1. The largest absolute Gasteiger partial charge is 0.494 e. The second-order valence-electron chi connectivity index (χ2n) is 5.31. The van der Waals surface area contributed by atoms with Crippen LogP contribution in [0, 0.1) is 0 Å². The maximum Gasteiger partial charge on any atom is 0.159 e. The molecule has 1 fully saturated rings. The Morgan fingerprint density at radius 1 is 1.42 bits per heavy atom. The molecule has 0 heterocycles. The van der Waals surface area contributed by atoms with Gasteiger partial charge in [0.05, 0.1) is 6.61 Å². The maximum atomic E-state index is 11.5. The number of hydrogen-bond donors (Lipinski definition) is 0. The number of nitrogens with zero attached hydrogens (tertiary/aromatic N) is 1. The summed E-state index contributed by atoms with van der Waals surface area (Å²) in [6, 6.07) is 6.43. The van der Waals surface area contributed by atoms with Crippen LogP contribution in [0.5, 0.6) is 5.75 Å². The van der Waals surface area contributed by atoms with Crippen LogP contribution in [-0.2, 0) is 6.54 Å². The van der Waals surface area contributed by atoms with E-state index in [0.29, 0.717) is 12.6 Å². The molecule has 0 saturated heterocycles. The molecule has 3 nitrogen and oxygen atoms in total. The minimum atomic E-state index is 0.107. The van der Waals surface area contributed by atoms with Crippen molar-refractivity contribution in [1.29, 1.82) is 0 Å². The molecule has 1 aliphatic rings. The number of ether oxygens (including phenoxy) is 1. The molecule has 0 amide bonds. The Hall–Kier alpha value is -1.35. The number of Topliss-reactive ketones (excluding diaryl/α,β-unsaturated/α-hetero) is 1. The van der Waals surface area contributed by atoms with E-state index in [-0.39, 0.29) is 5.78 Å². The zero-order chi connectivity index (χ0) is 13.8. The molecule has 0 spiro atoms. The van der Waals surface area contributed by atoms with E-state index in [2.05, 4.69) is 11.9 Å². The molecule has 0 unspecified atom stereocenters. The highest BCUT2D eigenvalue weighted by Crippen LogP contribution is 2.28. The van der Waals surface area contributed by atoms with Crippen LogP contribution in [0.2, 0.25) is 0 Å². The fraction of sp³-hybridized carbons (Fsp3) is 0.562. The maximum absolute atomic E-state index is 11.5. The number of carbonyl (C=O) groups is 1. The third kappa shape index (κ3) is 3.35. The molecule has 0 aliphatic heterocycles. The molecule has 2 rings (SSSR count). The number of hydrogen-bond acceptors (Lipinski definition) is 3. The summed E-state index contributed by atoms with van der Waals surface area (Å²) >= 11 is 0. The van der Waals surface area contributed by atoms with Gasteiger partial charge < -0.3 is 4.74 Å². The van der Waals surface area contributed by atoms with Gasteiger partial charge in [0.1, 0.15) is 5.75 Å². The average Bonchev–Trinajstić information content (AvgIpc) is 2.29. The summed E-state index contributed by atoms with van der Waals surface area (Å²) in [6.07, 6.45) is 3.90. The molecule has 3 heteroatoms. The van der Waals surface area contributed by atoms with Crippen LogP contribution in [-0.4, -0.2) is 30.4 Å². The van der Waals surface area contributed by atoms with Gasteiger partial charge in [-0.1, -0.05) is 6.42 Å². The van der Waals surface area contributed by atoms with E-state index in [0.717, 1.165) is 23.4 Å².